The van der Waals surface area contributed by atoms with Crippen LogP contribution in [-0.2, 0) is 6.42 Å². The fourth-order valence-corrected chi connectivity index (χ4v) is 1.63. The van der Waals surface area contributed by atoms with Crippen molar-refractivity contribution in [3.05, 3.63) is 23.0 Å². The lowest BCUT2D eigenvalue weighted by Crippen LogP contribution is -2.13. The predicted molar refractivity (Wildman–Crippen MR) is 57.1 cm³/mol. The van der Waals surface area contributed by atoms with Crippen molar-refractivity contribution in [1.82, 2.24) is 9.88 Å². The minimum atomic E-state index is 1.17. The number of nitrogens with zero attached hydrogens (tertiary/aromatic N) is 1. The Morgan fingerprint density at radius 1 is 1.31 bits per heavy atom. The van der Waals surface area contributed by atoms with Crippen molar-refractivity contribution in [1.29, 1.82) is 0 Å². The third kappa shape index (κ3) is 3.23. The first-order chi connectivity index (χ1) is 6.09. The van der Waals surface area contributed by atoms with Gasteiger partial charge in [0, 0.05) is 11.4 Å². The van der Waals surface area contributed by atoms with Gasteiger partial charge in [0.15, 0.2) is 0 Å². The Bertz CT molecular complexity index is 261. The SMILES string of the molecule is Cc1cc(CCCN(C)C)c(C)[nH]1. The number of aromatic amines is 1. The fourth-order valence-electron chi connectivity index (χ4n) is 1.63. The summed E-state index contributed by atoms with van der Waals surface area (Å²) >= 11 is 0. The van der Waals surface area contributed by atoms with Crippen LogP contribution in [0.5, 0.6) is 0 Å². The minimum absolute atomic E-state index is 1.17. The normalized spacial score (nSPS) is 11.2. The van der Waals surface area contributed by atoms with E-state index < -0.39 is 0 Å². The molecule has 1 aromatic rings. The zero-order valence-electron chi connectivity index (χ0n) is 9.15. The van der Waals surface area contributed by atoms with Crippen molar-refractivity contribution in [3.63, 3.8) is 0 Å². The van der Waals surface area contributed by atoms with Crippen molar-refractivity contribution in [3.8, 4) is 0 Å². The van der Waals surface area contributed by atoms with Crippen LogP contribution in [0.4, 0.5) is 0 Å². The summed E-state index contributed by atoms with van der Waals surface area (Å²) in [5.41, 5.74) is 4.08. The number of H-pyrrole nitrogens is 1. The molecule has 13 heavy (non-hydrogen) atoms. The van der Waals surface area contributed by atoms with Crippen LogP contribution in [0.1, 0.15) is 23.4 Å². The lowest BCUT2D eigenvalue weighted by Gasteiger charge is -2.08. The van der Waals surface area contributed by atoms with Gasteiger partial charge in [0.2, 0.25) is 0 Å². The largest absolute Gasteiger partial charge is 0.362 e. The Labute approximate surface area is 81.0 Å². The summed E-state index contributed by atoms with van der Waals surface area (Å²) in [6, 6.07) is 2.25. The number of aryl methyl sites for hydroxylation is 3. The monoisotopic (exact) mass is 180 g/mol. The van der Waals surface area contributed by atoms with Crippen LogP contribution >= 0.6 is 0 Å². The molecule has 0 unspecified atom stereocenters. The van der Waals surface area contributed by atoms with Crippen molar-refractivity contribution < 1.29 is 0 Å². The molecule has 0 aromatic carbocycles. The Balaban J connectivity index is 2.40. The number of rotatable bonds is 4. The topological polar surface area (TPSA) is 19.0 Å². The van der Waals surface area contributed by atoms with Crippen LogP contribution in [0.3, 0.4) is 0 Å². The van der Waals surface area contributed by atoms with Gasteiger partial charge in [-0.1, -0.05) is 0 Å². The van der Waals surface area contributed by atoms with E-state index >= 15 is 0 Å². The van der Waals surface area contributed by atoms with Crippen molar-refractivity contribution in [2.45, 2.75) is 26.7 Å². The quantitative estimate of drug-likeness (QED) is 0.752. The van der Waals surface area contributed by atoms with E-state index in [9.17, 15) is 0 Å². The Kier molecular flexibility index (Phi) is 3.55. The third-order valence-corrected chi connectivity index (χ3v) is 2.31. The van der Waals surface area contributed by atoms with Gasteiger partial charge in [-0.25, -0.2) is 0 Å². The number of aromatic nitrogens is 1. The van der Waals surface area contributed by atoms with E-state index in [0.717, 1.165) is 0 Å². The standard InChI is InChI=1S/C11H20N2/c1-9-8-11(10(2)12-9)6-5-7-13(3)4/h8,12H,5-7H2,1-4H3. The minimum Gasteiger partial charge on any atom is -0.362 e. The third-order valence-electron chi connectivity index (χ3n) is 2.31. The van der Waals surface area contributed by atoms with E-state index in [0.29, 0.717) is 0 Å². The Morgan fingerprint density at radius 2 is 2.00 bits per heavy atom. The Hall–Kier alpha value is -0.760. The summed E-state index contributed by atoms with van der Waals surface area (Å²) in [6.07, 6.45) is 2.43. The molecule has 1 N–H and O–H groups in total. The van der Waals surface area contributed by atoms with Gasteiger partial charge >= 0.3 is 0 Å². The first-order valence-corrected chi connectivity index (χ1v) is 4.89. The summed E-state index contributed by atoms with van der Waals surface area (Å²) in [5, 5.41) is 0. The average Bonchev–Trinajstić information content (AvgIpc) is 2.29. The van der Waals surface area contributed by atoms with Gasteiger partial charge < -0.3 is 9.88 Å². The van der Waals surface area contributed by atoms with Gasteiger partial charge in [-0.3, -0.25) is 0 Å². The maximum Gasteiger partial charge on any atom is 0.0150 e. The highest BCUT2D eigenvalue weighted by Gasteiger charge is 2.01. The molecule has 0 fully saturated rings. The smallest absolute Gasteiger partial charge is 0.0150 e. The van der Waals surface area contributed by atoms with E-state index in [1.807, 2.05) is 0 Å². The molecule has 0 atom stereocenters. The molecule has 74 valence electrons. The molecule has 2 heteroatoms. The van der Waals surface area contributed by atoms with E-state index in [1.165, 1.54) is 36.3 Å². The van der Waals surface area contributed by atoms with E-state index in [1.54, 1.807) is 0 Å². The van der Waals surface area contributed by atoms with Gasteiger partial charge in [-0.05, 0) is 59.0 Å². The van der Waals surface area contributed by atoms with Crippen LogP contribution in [0.15, 0.2) is 6.07 Å². The molecule has 0 amide bonds. The fraction of sp³-hybridized carbons (Fsp3) is 0.636. The molecular weight excluding hydrogens is 160 g/mol. The summed E-state index contributed by atoms with van der Waals surface area (Å²) < 4.78 is 0. The zero-order chi connectivity index (χ0) is 9.84. The first kappa shape index (κ1) is 10.3. The molecule has 2 nitrogen and oxygen atoms in total. The van der Waals surface area contributed by atoms with Crippen LogP contribution in [-0.4, -0.2) is 30.5 Å². The molecule has 1 heterocycles. The Morgan fingerprint density at radius 3 is 2.46 bits per heavy atom. The highest BCUT2D eigenvalue weighted by atomic mass is 15.0. The number of nitrogens with one attached hydrogen (secondary N) is 1. The first-order valence-electron chi connectivity index (χ1n) is 4.89. The summed E-state index contributed by atoms with van der Waals surface area (Å²) in [5.74, 6) is 0. The molecule has 0 saturated carbocycles. The van der Waals surface area contributed by atoms with Gasteiger partial charge in [0.25, 0.3) is 0 Å². The van der Waals surface area contributed by atoms with Crippen LogP contribution < -0.4 is 0 Å². The molecule has 1 aromatic heterocycles. The maximum atomic E-state index is 3.33. The van der Waals surface area contributed by atoms with Crippen LogP contribution in [0.25, 0.3) is 0 Å². The van der Waals surface area contributed by atoms with E-state index in [4.69, 9.17) is 0 Å². The molecule has 0 aliphatic rings. The lowest BCUT2D eigenvalue weighted by molar-refractivity contribution is 0.400. The summed E-state index contributed by atoms with van der Waals surface area (Å²) in [7, 11) is 4.24. The second kappa shape index (κ2) is 4.47. The molecule has 0 aliphatic heterocycles. The predicted octanol–water partition coefficient (Wildman–Crippen LogP) is 2.13. The highest BCUT2D eigenvalue weighted by molar-refractivity contribution is 5.24. The molecule has 0 aliphatic carbocycles. The van der Waals surface area contributed by atoms with E-state index in [2.05, 4.69) is 43.9 Å². The lowest BCUT2D eigenvalue weighted by atomic mass is 10.1. The highest BCUT2D eigenvalue weighted by Crippen LogP contribution is 2.11. The van der Waals surface area contributed by atoms with Gasteiger partial charge in [0.05, 0.1) is 0 Å². The number of hydrogen-bond donors (Lipinski definition) is 1. The number of hydrogen-bond acceptors (Lipinski definition) is 1. The molecule has 0 radical (unpaired) electrons. The van der Waals surface area contributed by atoms with Gasteiger partial charge in [0.1, 0.15) is 0 Å². The van der Waals surface area contributed by atoms with Gasteiger partial charge in [-0.15, -0.1) is 0 Å². The summed E-state index contributed by atoms with van der Waals surface area (Å²) in [4.78, 5) is 5.56. The second-order valence-electron chi connectivity index (χ2n) is 4.01. The zero-order valence-corrected chi connectivity index (χ0v) is 9.15. The molecule has 1 rings (SSSR count). The average molecular weight is 180 g/mol. The molecule has 0 saturated heterocycles. The molecule has 0 spiro atoms. The van der Waals surface area contributed by atoms with Crippen LogP contribution in [0.2, 0.25) is 0 Å². The van der Waals surface area contributed by atoms with Crippen LogP contribution in [0, 0.1) is 13.8 Å². The van der Waals surface area contributed by atoms with Gasteiger partial charge in [-0.2, -0.15) is 0 Å². The molecular formula is C11H20N2. The van der Waals surface area contributed by atoms with Crippen molar-refractivity contribution in [2.75, 3.05) is 20.6 Å². The van der Waals surface area contributed by atoms with E-state index in [-0.39, 0.29) is 0 Å². The molecule has 0 bridgehead atoms. The maximum absolute atomic E-state index is 3.33. The van der Waals surface area contributed by atoms with Crippen molar-refractivity contribution >= 4 is 0 Å². The summed E-state index contributed by atoms with van der Waals surface area (Å²) in [6.45, 7) is 5.43. The second-order valence-corrected chi connectivity index (χ2v) is 4.01. The van der Waals surface area contributed by atoms with Crippen molar-refractivity contribution in [2.24, 2.45) is 0 Å².